The maximum Gasteiger partial charge on any atom is 0.0502 e. The van der Waals surface area contributed by atoms with E-state index in [1.807, 2.05) is 0 Å². The number of rotatable bonds is 4. The number of anilines is 3. The Bertz CT molecular complexity index is 2640. The van der Waals surface area contributed by atoms with Gasteiger partial charge in [-0.2, -0.15) is 0 Å². The Morgan fingerprint density at radius 2 is 1.03 bits per heavy atom. The molecule has 4 fully saturated rings. The third-order valence-electron chi connectivity index (χ3n) is 16.9. The summed E-state index contributed by atoms with van der Waals surface area (Å²) < 4.78 is 0. The van der Waals surface area contributed by atoms with Crippen molar-refractivity contribution in [2.24, 2.45) is 23.7 Å². The Hall–Kier alpha value is -4.88. The fourth-order valence-corrected chi connectivity index (χ4v) is 14.3. The number of nitrogens with zero attached hydrogens (tertiary/aromatic N) is 1. The summed E-state index contributed by atoms with van der Waals surface area (Å²) in [6.45, 7) is 14.8. The van der Waals surface area contributed by atoms with Gasteiger partial charge in [0, 0.05) is 22.2 Å². The van der Waals surface area contributed by atoms with E-state index in [9.17, 15) is 0 Å². The van der Waals surface area contributed by atoms with Crippen molar-refractivity contribution in [2.45, 2.75) is 108 Å². The van der Waals surface area contributed by atoms with Gasteiger partial charge in [-0.1, -0.05) is 133 Å². The molecule has 1 nitrogen and oxygen atoms in total. The standard InChI is InChI=1S/C57H57N/c1-54(2)25-26-55(3,4)53-49(54)17-12-18-52(53)58(41-20-22-44-43-15-10-11-16-47(43)56(5,6)50(44)33-41)42-21-23-45-46-32-38(37-13-8-7-9-14-37)19-24-48(46)57(51(45)34-42)39-28-35-27-36(30-39)31-40(57)29-35/h7-24,32-36,39-40H,25-31H2,1-6H3. The van der Waals surface area contributed by atoms with Gasteiger partial charge in [-0.05, 0) is 183 Å². The lowest BCUT2D eigenvalue weighted by molar-refractivity contribution is -0.0399. The normalized spacial score (nSPS) is 26.8. The molecule has 1 heteroatoms. The quantitative estimate of drug-likeness (QED) is 0.173. The van der Waals surface area contributed by atoms with Crippen LogP contribution in [-0.2, 0) is 21.7 Å². The Morgan fingerprint density at radius 1 is 0.431 bits per heavy atom. The summed E-state index contributed by atoms with van der Waals surface area (Å²) in [5, 5.41) is 0. The molecule has 4 saturated carbocycles. The lowest BCUT2D eigenvalue weighted by atomic mass is 9.43. The zero-order chi connectivity index (χ0) is 39.3. The van der Waals surface area contributed by atoms with Crippen LogP contribution in [0.1, 0.15) is 120 Å². The summed E-state index contributed by atoms with van der Waals surface area (Å²) in [7, 11) is 0. The monoisotopic (exact) mass is 755 g/mol. The van der Waals surface area contributed by atoms with Gasteiger partial charge in [-0.15, -0.1) is 0 Å². The van der Waals surface area contributed by atoms with Crippen molar-refractivity contribution >= 4 is 17.1 Å². The lowest BCUT2D eigenvalue weighted by Crippen LogP contribution is -2.55. The van der Waals surface area contributed by atoms with E-state index in [0.29, 0.717) is 11.8 Å². The maximum atomic E-state index is 2.72. The van der Waals surface area contributed by atoms with Crippen LogP contribution in [0.5, 0.6) is 0 Å². The largest absolute Gasteiger partial charge is 0.310 e. The van der Waals surface area contributed by atoms with Gasteiger partial charge in [0.25, 0.3) is 0 Å². The highest BCUT2D eigenvalue weighted by Gasteiger charge is 2.61. The molecule has 6 aromatic rings. The van der Waals surface area contributed by atoms with E-state index in [0.717, 1.165) is 11.8 Å². The fraction of sp³-hybridized carbons (Fsp3) is 0.368. The predicted octanol–water partition coefficient (Wildman–Crippen LogP) is 15.2. The zero-order valence-corrected chi connectivity index (χ0v) is 35.3. The van der Waals surface area contributed by atoms with Crippen molar-refractivity contribution < 1.29 is 0 Å². The van der Waals surface area contributed by atoms with Crippen LogP contribution in [0.2, 0.25) is 0 Å². The van der Waals surface area contributed by atoms with Gasteiger partial charge >= 0.3 is 0 Å². The second kappa shape index (κ2) is 11.9. The number of hydrogen-bond donors (Lipinski definition) is 0. The van der Waals surface area contributed by atoms with Gasteiger partial charge < -0.3 is 4.90 Å². The molecule has 6 aromatic carbocycles. The molecule has 7 aliphatic rings. The topological polar surface area (TPSA) is 3.24 Å². The van der Waals surface area contributed by atoms with E-state index >= 15 is 0 Å². The molecule has 0 N–H and O–H groups in total. The van der Waals surface area contributed by atoms with Crippen LogP contribution in [0.25, 0.3) is 33.4 Å². The van der Waals surface area contributed by atoms with Gasteiger partial charge in [-0.3, -0.25) is 0 Å². The molecule has 0 radical (unpaired) electrons. The van der Waals surface area contributed by atoms with E-state index in [1.54, 1.807) is 11.1 Å². The molecule has 58 heavy (non-hydrogen) atoms. The van der Waals surface area contributed by atoms with Crippen molar-refractivity contribution in [3.63, 3.8) is 0 Å². The minimum atomic E-state index is -0.0779. The van der Waals surface area contributed by atoms with Crippen molar-refractivity contribution in [1.29, 1.82) is 0 Å². The molecule has 0 aromatic heterocycles. The van der Waals surface area contributed by atoms with Gasteiger partial charge in [0.15, 0.2) is 0 Å². The molecule has 0 atom stereocenters. The highest BCUT2D eigenvalue weighted by atomic mass is 15.1. The van der Waals surface area contributed by atoms with Crippen LogP contribution in [-0.4, -0.2) is 0 Å². The third kappa shape index (κ3) is 4.65. The van der Waals surface area contributed by atoms with Crippen LogP contribution in [0.15, 0.2) is 127 Å². The molecule has 4 bridgehead atoms. The van der Waals surface area contributed by atoms with E-state index in [2.05, 4.69) is 174 Å². The highest BCUT2D eigenvalue weighted by molar-refractivity contribution is 5.91. The van der Waals surface area contributed by atoms with Crippen molar-refractivity contribution in [2.75, 3.05) is 4.90 Å². The highest BCUT2D eigenvalue weighted by Crippen LogP contribution is 2.70. The lowest BCUT2D eigenvalue weighted by Gasteiger charge is -2.61. The second-order valence-corrected chi connectivity index (χ2v) is 21.2. The Kier molecular flexibility index (Phi) is 7.18. The van der Waals surface area contributed by atoms with Crippen molar-refractivity contribution in [3.8, 4) is 33.4 Å². The summed E-state index contributed by atoms with van der Waals surface area (Å²) in [5.41, 5.74) is 21.6. The molecule has 7 aliphatic carbocycles. The van der Waals surface area contributed by atoms with Crippen LogP contribution in [0.4, 0.5) is 17.1 Å². The molecule has 0 unspecified atom stereocenters. The fourth-order valence-electron chi connectivity index (χ4n) is 14.3. The van der Waals surface area contributed by atoms with Crippen LogP contribution >= 0.6 is 0 Å². The minimum Gasteiger partial charge on any atom is -0.310 e. The third-order valence-corrected chi connectivity index (χ3v) is 16.9. The Balaban J connectivity index is 1.11. The molecule has 13 rings (SSSR count). The van der Waals surface area contributed by atoms with Crippen molar-refractivity contribution in [3.05, 3.63) is 161 Å². The van der Waals surface area contributed by atoms with Gasteiger partial charge in [0.2, 0.25) is 0 Å². The molecule has 290 valence electrons. The van der Waals surface area contributed by atoms with Crippen molar-refractivity contribution in [1.82, 2.24) is 0 Å². The van der Waals surface area contributed by atoms with E-state index in [4.69, 9.17) is 0 Å². The van der Waals surface area contributed by atoms with Crippen LogP contribution in [0, 0.1) is 23.7 Å². The zero-order valence-electron chi connectivity index (χ0n) is 35.3. The Labute approximate surface area is 346 Å². The summed E-state index contributed by atoms with van der Waals surface area (Å²) in [5.74, 6) is 3.23. The van der Waals surface area contributed by atoms with E-state index < -0.39 is 0 Å². The van der Waals surface area contributed by atoms with Crippen LogP contribution in [0.3, 0.4) is 0 Å². The molecular formula is C57H57N. The van der Waals surface area contributed by atoms with Crippen LogP contribution < -0.4 is 4.90 Å². The molecule has 0 saturated heterocycles. The summed E-state index contributed by atoms with van der Waals surface area (Å²) in [4.78, 5) is 2.70. The molecule has 0 heterocycles. The van der Waals surface area contributed by atoms with E-state index in [1.165, 1.54) is 118 Å². The first kappa shape index (κ1) is 35.1. The Morgan fingerprint density at radius 3 is 1.76 bits per heavy atom. The molecular weight excluding hydrogens is 699 g/mol. The molecule has 1 spiro atoms. The predicted molar refractivity (Wildman–Crippen MR) is 243 cm³/mol. The maximum absolute atomic E-state index is 2.72. The van der Waals surface area contributed by atoms with Gasteiger partial charge in [0.1, 0.15) is 0 Å². The smallest absolute Gasteiger partial charge is 0.0502 e. The number of hydrogen-bond acceptors (Lipinski definition) is 1. The molecule has 0 aliphatic heterocycles. The van der Waals surface area contributed by atoms with Gasteiger partial charge in [-0.25, -0.2) is 0 Å². The first-order valence-electron chi connectivity index (χ1n) is 22.5. The van der Waals surface area contributed by atoms with Gasteiger partial charge in [0.05, 0.1) is 5.69 Å². The number of benzene rings is 6. The average molecular weight is 756 g/mol. The summed E-state index contributed by atoms with van der Waals surface area (Å²) in [6.07, 6.45) is 9.39. The molecule has 0 amide bonds. The summed E-state index contributed by atoms with van der Waals surface area (Å²) in [6, 6.07) is 50.1. The minimum absolute atomic E-state index is 0.0510. The SMILES string of the molecule is CC1(C)CCC(C)(C)c2c(N(c3ccc4c(c3)C(C)(C)c3ccccc3-4)c3ccc4c(c3)C3(c5ccc(-c6ccccc6)cc5-4)C4CC5CC(C4)CC3C5)cccc21. The average Bonchev–Trinajstić information content (AvgIpc) is 3.63. The second-order valence-electron chi connectivity index (χ2n) is 21.2. The first-order chi connectivity index (χ1) is 27.9. The summed E-state index contributed by atoms with van der Waals surface area (Å²) >= 11 is 0. The number of fused-ring (bicyclic) bond motifs is 7. The first-order valence-corrected chi connectivity index (χ1v) is 22.5. The van der Waals surface area contributed by atoms with E-state index in [-0.39, 0.29) is 21.7 Å².